The van der Waals surface area contributed by atoms with E-state index in [9.17, 15) is 8.42 Å². The molecule has 0 saturated carbocycles. The van der Waals surface area contributed by atoms with Crippen molar-refractivity contribution < 1.29 is 13.2 Å². The number of nitrogen functional groups attached to an aromatic ring is 1. The van der Waals surface area contributed by atoms with Crippen LogP contribution in [0.1, 0.15) is 5.56 Å². The fourth-order valence-electron chi connectivity index (χ4n) is 1.88. The zero-order valence-electron chi connectivity index (χ0n) is 11.1. The van der Waals surface area contributed by atoms with Crippen molar-refractivity contribution >= 4 is 38.7 Å². The first-order valence-electron chi connectivity index (χ1n) is 5.94. The van der Waals surface area contributed by atoms with Gasteiger partial charge in [-0.15, -0.1) is 0 Å². The van der Waals surface area contributed by atoms with Crippen LogP contribution in [-0.2, 0) is 15.6 Å². The van der Waals surface area contributed by atoms with Gasteiger partial charge in [0.05, 0.1) is 22.9 Å². The lowest BCUT2D eigenvalue weighted by atomic mass is 10.2. The fraction of sp³-hybridized carbons (Fsp3) is 0.143. The minimum atomic E-state index is -3.64. The first-order valence-corrected chi connectivity index (χ1v) is 8.35. The Kier molecular flexibility index (Phi) is 4.66. The Bertz CT molecular complexity index is 776. The number of nitrogens with two attached hydrogens (primary N) is 1. The quantitative estimate of drug-likeness (QED) is 0.860. The van der Waals surface area contributed by atoms with Crippen molar-refractivity contribution in [1.82, 2.24) is 0 Å². The monoisotopic (exact) mass is 345 g/mol. The Balaban J connectivity index is 2.46. The maximum absolute atomic E-state index is 12.5. The molecular formula is C14H13Cl2NO3S. The van der Waals surface area contributed by atoms with Gasteiger partial charge < -0.3 is 10.5 Å². The normalized spacial score (nSPS) is 11.4. The predicted molar refractivity (Wildman–Crippen MR) is 84.8 cm³/mol. The Morgan fingerprint density at radius 2 is 1.90 bits per heavy atom. The van der Waals surface area contributed by atoms with Crippen LogP contribution in [0, 0.1) is 0 Å². The van der Waals surface area contributed by atoms with Crippen LogP contribution in [0.5, 0.6) is 5.75 Å². The Morgan fingerprint density at radius 3 is 2.57 bits per heavy atom. The molecule has 0 aromatic heterocycles. The molecule has 0 heterocycles. The molecule has 0 atom stereocenters. The molecule has 2 rings (SSSR count). The van der Waals surface area contributed by atoms with Crippen LogP contribution < -0.4 is 10.5 Å². The molecule has 112 valence electrons. The van der Waals surface area contributed by atoms with Crippen LogP contribution in [0.25, 0.3) is 0 Å². The zero-order chi connectivity index (χ0) is 15.6. The van der Waals surface area contributed by atoms with Gasteiger partial charge in [-0.1, -0.05) is 35.3 Å². The summed E-state index contributed by atoms with van der Waals surface area (Å²) in [5.74, 6) is -0.0692. The molecule has 0 aliphatic heterocycles. The molecule has 0 aliphatic rings. The smallest absolute Gasteiger partial charge is 0.186 e. The highest BCUT2D eigenvalue weighted by Crippen LogP contribution is 2.32. The number of hydrogen-bond acceptors (Lipinski definition) is 4. The molecule has 2 aromatic carbocycles. The van der Waals surface area contributed by atoms with E-state index in [1.807, 2.05) is 0 Å². The highest BCUT2D eigenvalue weighted by Gasteiger charge is 2.22. The second-order valence-electron chi connectivity index (χ2n) is 4.38. The number of ether oxygens (including phenoxy) is 1. The highest BCUT2D eigenvalue weighted by atomic mass is 35.5. The molecule has 21 heavy (non-hydrogen) atoms. The van der Waals surface area contributed by atoms with Crippen molar-refractivity contribution in [3.05, 3.63) is 52.0 Å². The minimum absolute atomic E-state index is 0.0650. The molecule has 7 heteroatoms. The van der Waals surface area contributed by atoms with E-state index in [0.29, 0.717) is 16.3 Å². The first kappa shape index (κ1) is 15.9. The summed E-state index contributed by atoms with van der Waals surface area (Å²) < 4.78 is 30.2. The topological polar surface area (TPSA) is 69.4 Å². The summed E-state index contributed by atoms with van der Waals surface area (Å²) in [6, 6.07) is 9.27. The van der Waals surface area contributed by atoms with E-state index in [4.69, 9.17) is 33.7 Å². The fourth-order valence-corrected chi connectivity index (χ4v) is 3.88. The third-order valence-electron chi connectivity index (χ3n) is 2.90. The number of benzene rings is 2. The second-order valence-corrected chi connectivity index (χ2v) is 7.13. The molecule has 0 unspecified atom stereocenters. The summed E-state index contributed by atoms with van der Waals surface area (Å²) in [5.41, 5.74) is 6.49. The van der Waals surface area contributed by atoms with Crippen LogP contribution >= 0.6 is 23.2 Å². The van der Waals surface area contributed by atoms with Crippen LogP contribution in [0.4, 0.5) is 5.69 Å². The van der Waals surface area contributed by atoms with Crippen LogP contribution in [-0.4, -0.2) is 15.5 Å². The lowest BCUT2D eigenvalue weighted by Crippen LogP contribution is -2.08. The van der Waals surface area contributed by atoms with Crippen LogP contribution in [0.2, 0.25) is 10.0 Å². The van der Waals surface area contributed by atoms with Gasteiger partial charge in [-0.2, -0.15) is 0 Å². The van der Waals surface area contributed by atoms with Gasteiger partial charge in [0.1, 0.15) is 10.6 Å². The van der Waals surface area contributed by atoms with E-state index in [1.165, 1.54) is 25.3 Å². The number of methoxy groups -OCH3 is 1. The summed E-state index contributed by atoms with van der Waals surface area (Å²) in [7, 11) is -2.25. The van der Waals surface area contributed by atoms with Gasteiger partial charge >= 0.3 is 0 Å². The largest absolute Gasteiger partial charge is 0.495 e. The Morgan fingerprint density at radius 1 is 1.19 bits per heavy atom. The van der Waals surface area contributed by atoms with Crippen molar-refractivity contribution in [2.75, 3.05) is 12.8 Å². The molecule has 2 aromatic rings. The van der Waals surface area contributed by atoms with E-state index >= 15 is 0 Å². The molecule has 0 saturated heterocycles. The van der Waals surface area contributed by atoms with E-state index in [2.05, 4.69) is 0 Å². The number of halogens is 2. The first-order chi connectivity index (χ1) is 9.85. The van der Waals surface area contributed by atoms with Gasteiger partial charge in [-0.3, -0.25) is 0 Å². The van der Waals surface area contributed by atoms with Gasteiger partial charge in [0, 0.05) is 11.8 Å². The summed E-state index contributed by atoms with van der Waals surface area (Å²) in [5, 5.41) is 0.547. The van der Waals surface area contributed by atoms with E-state index < -0.39 is 9.84 Å². The predicted octanol–water partition coefficient (Wildman–Crippen LogP) is 3.56. The third kappa shape index (κ3) is 3.43. The van der Waals surface area contributed by atoms with Crippen molar-refractivity contribution in [3.8, 4) is 5.75 Å². The zero-order valence-corrected chi connectivity index (χ0v) is 13.5. The number of anilines is 1. The summed E-state index contributed by atoms with van der Waals surface area (Å²) in [6.07, 6.45) is 0. The molecule has 2 N–H and O–H groups in total. The van der Waals surface area contributed by atoms with Crippen molar-refractivity contribution in [2.45, 2.75) is 10.6 Å². The number of sulfone groups is 1. The van der Waals surface area contributed by atoms with E-state index in [-0.39, 0.29) is 21.4 Å². The highest BCUT2D eigenvalue weighted by molar-refractivity contribution is 7.90. The number of rotatable bonds is 4. The van der Waals surface area contributed by atoms with Gasteiger partial charge in [0.15, 0.2) is 9.84 Å². The molecule has 0 fully saturated rings. The second kappa shape index (κ2) is 6.13. The molecule has 0 radical (unpaired) electrons. The average Bonchev–Trinajstić information content (AvgIpc) is 2.43. The Labute approximate surface area is 133 Å². The van der Waals surface area contributed by atoms with Crippen molar-refractivity contribution in [3.63, 3.8) is 0 Å². The van der Waals surface area contributed by atoms with Crippen molar-refractivity contribution in [1.29, 1.82) is 0 Å². The maximum atomic E-state index is 12.5. The Hall–Kier alpha value is -1.43. The average molecular weight is 346 g/mol. The van der Waals surface area contributed by atoms with Gasteiger partial charge in [-0.05, 0) is 23.8 Å². The molecular weight excluding hydrogens is 333 g/mol. The van der Waals surface area contributed by atoms with Crippen LogP contribution in [0.3, 0.4) is 0 Å². The van der Waals surface area contributed by atoms with E-state index in [0.717, 1.165) is 0 Å². The molecule has 0 aliphatic carbocycles. The molecule has 0 spiro atoms. The van der Waals surface area contributed by atoms with Gasteiger partial charge in [-0.25, -0.2) is 8.42 Å². The van der Waals surface area contributed by atoms with Crippen LogP contribution in [0.15, 0.2) is 41.3 Å². The molecule has 4 nitrogen and oxygen atoms in total. The third-order valence-corrected chi connectivity index (χ3v) is 5.46. The SMILES string of the molecule is COc1cc(N)ccc1S(=O)(=O)Cc1cccc(Cl)c1Cl. The summed E-state index contributed by atoms with van der Waals surface area (Å²) in [4.78, 5) is 0.0650. The summed E-state index contributed by atoms with van der Waals surface area (Å²) in [6.45, 7) is 0. The standard InChI is InChI=1S/C14H13Cl2NO3S/c1-20-12-7-10(17)5-6-13(12)21(18,19)8-9-3-2-4-11(15)14(9)16/h2-7H,8,17H2,1H3. The maximum Gasteiger partial charge on any atom is 0.186 e. The molecule has 0 amide bonds. The number of hydrogen-bond donors (Lipinski definition) is 1. The van der Waals surface area contributed by atoms with Crippen molar-refractivity contribution in [2.24, 2.45) is 0 Å². The molecule has 0 bridgehead atoms. The summed E-state index contributed by atoms with van der Waals surface area (Å²) >= 11 is 11.9. The lowest BCUT2D eigenvalue weighted by molar-refractivity contribution is 0.403. The van der Waals surface area contributed by atoms with E-state index in [1.54, 1.807) is 18.2 Å². The lowest BCUT2D eigenvalue weighted by Gasteiger charge is -2.11. The van der Waals surface area contributed by atoms with Gasteiger partial charge in [0.25, 0.3) is 0 Å². The van der Waals surface area contributed by atoms with Gasteiger partial charge in [0.2, 0.25) is 0 Å². The minimum Gasteiger partial charge on any atom is -0.495 e.